The molecule has 9 heteroatoms. The fourth-order valence-electron chi connectivity index (χ4n) is 4.16. The van der Waals surface area contributed by atoms with Crippen LogP contribution in [0.4, 0.5) is 0 Å². The zero-order valence-corrected chi connectivity index (χ0v) is 19.9. The Morgan fingerprint density at radius 2 is 1.65 bits per heavy atom. The standard InChI is InChI=1S/C25H32N2O7/c1-13(2)21(23(29)27-22(14(3)4)24(30)31)26-20(28)12-33-15-9-10-17-16-7-5-6-8-18(16)25(32)34-19(17)11-15/h9-11,13-14,21-22H,5-8,12H2,1-4H3,(H,26,28)(H,27,29)(H,30,31)/p-1/t21-,22-/m0/s1. The molecule has 1 aromatic carbocycles. The van der Waals surface area contributed by atoms with Crippen LogP contribution in [0.25, 0.3) is 11.0 Å². The van der Waals surface area contributed by atoms with Crippen molar-refractivity contribution < 1.29 is 28.6 Å². The fraction of sp³-hybridized carbons (Fsp3) is 0.520. The maximum atomic E-state index is 12.6. The fourth-order valence-corrected chi connectivity index (χ4v) is 4.16. The van der Waals surface area contributed by atoms with E-state index in [1.54, 1.807) is 39.8 Å². The molecule has 9 nitrogen and oxygen atoms in total. The van der Waals surface area contributed by atoms with Crippen molar-refractivity contribution in [1.29, 1.82) is 0 Å². The quantitative estimate of drug-likeness (QED) is 0.522. The number of aryl methyl sites for hydroxylation is 1. The highest BCUT2D eigenvalue weighted by Crippen LogP contribution is 2.29. The molecule has 1 aliphatic carbocycles. The first-order chi connectivity index (χ1) is 16.1. The first-order valence-electron chi connectivity index (χ1n) is 11.6. The summed E-state index contributed by atoms with van der Waals surface area (Å²) < 4.78 is 11.0. The number of aliphatic carboxylic acids is 1. The molecule has 1 heterocycles. The van der Waals surface area contributed by atoms with Gasteiger partial charge >= 0.3 is 5.63 Å². The Bertz CT molecular complexity index is 1140. The number of carboxylic acid groups (broad SMARTS) is 1. The van der Waals surface area contributed by atoms with E-state index < -0.39 is 29.9 Å². The monoisotopic (exact) mass is 471 g/mol. The van der Waals surface area contributed by atoms with Crippen LogP contribution < -0.4 is 26.1 Å². The first kappa shape index (κ1) is 25.3. The molecule has 0 fully saturated rings. The molecule has 0 radical (unpaired) electrons. The van der Waals surface area contributed by atoms with Crippen LogP contribution >= 0.6 is 0 Å². The van der Waals surface area contributed by atoms with Crippen molar-refractivity contribution in [1.82, 2.24) is 10.6 Å². The van der Waals surface area contributed by atoms with Gasteiger partial charge in [-0.2, -0.15) is 0 Å². The summed E-state index contributed by atoms with van der Waals surface area (Å²) >= 11 is 0. The van der Waals surface area contributed by atoms with E-state index in [1.807, 2.05) is 6.07 Å². The van der Waals surface area contributed by atoms with E-state index in [1.165, 1.54) is 0 Å². The Kier molecular flexibility index (Phi) is 7.96. The molecule has 1 aliphatic rings. The van der Waals surface area contributed by atoms with Gasteiger partial charge in [0.25, 0.3) is 5.91 Å². The third-order valence-electron chi connectivity index (χ3n) is 6.05. The lowest BCUT2D eigenvalue weighted by molar-refractivity contribution is -0.309. The summed E-state index contributed by atoms with van der Waals surface area (Å²) in [7, 11) is 0. The summed E-state index contributed by atoms with van der Waals surface area (Å²) in [6, 6.07) is 3.01. The average molecular weight is 472 g/mol. The number of carboxylic acids is 1. The lowest BCUT2D eigenvalue weighted by Gasteiger charge is -2.28. The number of carbonyl (C=O) groups is 3. The summed E-state index contributed by atoms with van der Waals surface area (Å²) in [6.07, 6.45) is 3.54. The second-order valence-electron chi connectivity index (χ2n) is 9.34. The Hall–Kier alpha value is -3.36. The normalized spacial score (nSPS) is 15.0. The number of rotatable bonds is 9. The lowest BCUT2D eigenvalue weighted by atomic mass is 9.91. The number of amides is 2. The lowest BCUT2D eigenvalue weighted by Crippen LogP contribution is -2.57. The van der Waals surface area contributed by atoms with E-state index in [-0.39, 0.29) is 24.1 Å². The summed E-state index contributed by atoms with van der Waals surface area (Å²) in [6.45, 7) is 6.41. The number of ether oxygens (including phenoxy) is 1. The highest BCUT2D eigenvalue weighted by molar-refractivity contribution is 5.90. The number of hydrogen-bond acceptors (Lipinski definition) is 7. The molecule has 184 valence electrons. The molecule has 0 saturated heterocycles. The topological polar surface area (TPSA) is 138 Å². The van der Waals surface area contributed by atoms with Gasteiger partial charge in [0, 0.05) is 17.0 Å². The van der Waals surface area contributed by atoms with Crippen molar-refractivity contribution in [2.75, 3.05) is 6.61 Å². The molecular weight excluding hydrogens is 440 g/mol. The molecule has 0 saturated carbocycles. The number of benzene rings is 1. The van der Waals surface area contributed by atoms with Gasteiger partial charge in [-0.25, -0.2) is 4.79 Å². The first-order valence-corrected chi connectivity index (χ1v) is 11.6. The number of hydrogen-bond donors (Lipinski definition) is 2. The molecule has 0 spiro atoms. The van der Waals surface area contributed by atoms with E-state index in [4.69, 9.17) is 9.15 Å². The van der Waals surface area contributed by atoms with Crippen LogP contribution in [0.5, 0.6) is 5.75 Å². The molecule has 3 rings (SSSR count). The number of carbonyl (C=O) groups excluding carboxylic acids is 3. The third kappa shape index (κ3) is 5.76. The van der Waals surface area contributed by atoms with Crippen LogP contribution in [0.1, 0.15) is 51.7 Å². The van der Waals surface area contributed by atoms with Crippen molar-refractivity contribution in [3.63, 3.8) is 0 Å². The molecule has 34 heavy (non-hydrogen) atoms. The second kappa shape index (κ2) is 10.7. The average Bonchev–Trinajstić information content (AvgIpc) is 2.78. The van der Waals surface area contributed by atoms with Crippen molar-refractivity contribution in [2.45, 2.75) is 65.5 Å². The Labute approximate surface area is 197 Å². The molecule has 2 amide bonds. The maximum Gasteiger partial charge on any atom is 0.339 e. The minimum Gasteiger partial charge on any atom is -0.548 e. The van der Waals surface area contributed by atoms with Crippen LogP contribution in [0, 0.1) is 11.8 Å². The minimum absolute atomic E-state index is 0.292. The predicted molar refractivity (Wildman–Crippen MR) is 123 cm³/mol. The maximum absolute atomic E-state index is 12.6. The SMILES string of the molecule is CC(C)[C@H](NC(=O)[C@@H](NC(=O)COc1ccc2c3c(c(=O)oc2c1)CCCC3)C(C)C)C(=O)[O-]. The Morgan fingerprint density at radius 1 is 1.00 bits per heavy atom. The third-order valence-corrected chi connectivity index (χ3v) is 6.05. The van der Waals surface area contributed by atoms with Gasteiger partial charge in [0.2, 0.25) is 5.91 Å². The van der Waals surface area contributed by atoms with Gasteiger partial charge in [-0.15, -0.1) is 0 Å². The highest BCUT2D eigenvalue weighted by atomic mass is 16.5. The van der Waals surface area contributed by atoms with Crippen LogP contribution in [-0.4, -0.2) is 36.5 Å². The molecule has 2 aromatic rings. The van der Waals surface area contributed by atoms with E-state index >= 15 is 0 Å². The molecule has 2 atom stereocenters. The summed E-state index contributed by atoms with van der Waals surface area (Å²) in [4.78, 5) is 48.7. The molecular formula is C25H31N2O7-. The largest absolute Gasteiger partial charge is 0.548 e. The molecule has 0 unspecified atom stereocenters. The Balaban J connectivity index is 1.66. The van der Waals surface area contributed by atoms with Crippen molar-refractivity contribution in [2.24, 2.45) is 11.8 Å². The smallest absolute Gasteiger partial charge is 0.339 e. The predicted octanol–water partition coefficient (Wildman–Crippen LogP) is 1.08. The van der Waals surface area contributed by atoms with E-state index in [2.05, 4.69) is 10.6 Å². The number of nitrogens with one attached hydrogen (secondary N) is 2. The van der Waals surface area contributed by atoms with Crippen molar-refractivity contribution in [3.8, 4) is 5.75 Å². The van der Waals surface area contributed by atoms with Crippen LogP contribution in [0.15, 0.2) is 27.4 Å². The second-order valence-corrected chi connectivity index (χ2v) is 9.34. The minimum atomic E-state index is -1.38. The van der Waals surface area contributed by atoms with Gasteiger partial charge < -0.3 is 29.7 Å². The van der Waals surface area contributed by atoms with Gasteiger partial charge in [0.1, 0.15) is 17.4 Å². The zero-order chi connectivity index (χ0) is 25.0. The van der Waals surface area contributed by atoms with Crippen molar-refractivity contribution in [3.05, 3.63) is 39.7 Å². The van der Waals surface area contributed by atoms with E-state index in [0.717, 1.165) is 42.2 Å². The van der Waals surface area contributed by atoms with Gasteiger partial charge in [0.05, 0.1) is 12.0 Å². The van der Waals surface area contributed by atoms with Gasteiger partial charge in [0.15, 0.2) is 6.61 Å². The number of fused-ring (bicyclic) bond motifs is 3. The molecule has 1 aromatic heterocycles. The highest BCUT2D eigenvalue weighted by Gasteiger charge is 2.28. The van der Waals surface area contributed by atoms with Crippen LogP contribution in [0.3, 0.4) is 0 Å². The molecule has 0 bridgehead atoms. The van der Waals surface area contributed by atoms with Crippen molar-refractivity contribution >= 4 is 28.8 Å². The molecule has 2 N–H and O–H groups in total. The van der Waals surface area contributed by atoms with E-state index in [0.29, 0.717) is 11.3 Å². The van der Waals surface area contributed by atoms with Gasteiger partial charge in [-0.05, 0) is 55.2 Å². The van der Waals surface area contributed by atoms with Gasteiger partial charge in [-0.3, -0.25) is 9.59 Å². The summed E-state index contributed by atoms with van der Waals surface area (Å²) in [5.74, 6) is -2.86. The van der Waals surface area contributed by atoms with Gasteiger partial charge in [-0.1, -0.05) is 27.7 Å². The summed E-state index contributed by atoms with van der Waals surface area (Å²) in [5.41, 5.74) is 1.83. The summed E-state index contributed by atoms with van der Waals surface area (Å²) in [5, 5.41) is 17.2. The van der Waals surface area contributed by atoms with Crippen LogP contribution in [-0.2, 0) is 27.2 Å². The van der Waals surface area contributed by atoms with Crippen LogP contribution in [0.2, 0.25) is 0 Å². The molecule has 0 aliphatic heterocycles. The Morgan fingerprint density at radius 3 is 2.26 bits per heavy atom. The zero-order valence-electron chi connectivity index (χ0n) is 19.9. The van der Waals surface area contributed by atoms with E-state index in [9.17, 15) is 24.3 Å².